The average molecular weight is 1010 g/mol. The molecule has 1 aromatic heterocycles. The Bertz CT molecular complexity index is 3700. The molecule has 1 heterocycles. The summed E-state index contributed by atoms with van der Waals surface area (Å²) in [6.07, 6.45) is 0. The predicted molar refractivity (Wildman–Crippen MR) is 224 cm³/mol. The fraction of sp³-hybridized carbons (Fsp3) is 0.0571. The fourth-order valence-electron chi connectivity index (χ4n) is 5.92. The molecule has 0 unspecified atom stereocenters. The van der Waals surface area contributed by atoms with E-state index in [4.69, 9.17) is 9.47 Å². The molecule has 350 valence electrons. The van der Waals surface area contributed by atoms with Gasteiger partial charge in [-0.25, -0.2) is 14.3 Å². The van der Waals surface area contributed by atoms with Crippen LogP contribution in [0.5, 0.6) is 17.2 Å². The SMILES string of the molecule is COc1cc(N=Nc2c(S(=O)(=O)O)cc3c(S(=O)(=O)O)c(N=Nc4c(C(=O)O)[nH]n(-c5ccc(S(=O)(=O)O)cc5)c4=O)ccc3c2O)c(OC)cc1N=Nc1ccc(S(=O)(=O)O)cc1C(=O)O. The summed E-state index contributed by atoms with van der Waals surface area (Å²) >= 11 is 0. The van der Waals surface area contributed by atoms with Crippen LogP contribution in [0, 0.1) is 0 Å². The number of nitrogens with zero attached hydrogens (tertiary/aromatic N) is 7. The van der Waals surface area contributed by atoms with Gasteiger partial charge in [0.1, 0.15) is 49.7 Å². The van der Waals surface area contributed by atoms with Gasteiger partial charge in [-0.15, -0.1) is 30.7 Å². The predicted octanol–water partition coefficient (Wildman–Crippen LogP) is 5.67. The lowest BCUT2D eigenvalue weighted by molar-refractivity contribution is 0.0682. The molecule has 0 fully saturated rings. The van der Waals surface area contributed by atoms with Crippen LogP contribution < -0.4 is 15.0 Å². The number of benzene rings is 5. The van der Waals surface area contributed by atoms with Crippen molar-refractivity contribution in [2.75, 3.05) is 14.2 Å². The molecule has 5 aromatic carbocycles. The zero-order valence-corrected chi connectivity index (χ0v) is 36.4. The van der Waals surface area contributed by atoms with Crippen LogP contribution in [-0.2, 0) is 40.5 Å². The molecule has 0 atom stereocenters. The maximum atomic E-state index is 13.3. The summed E-state index contributed by atoms with van der Waals surface area (Å²) in [5, 5.41) is 54.0. The van der Waals surface area contributed by atoms with Gasteiger partial charge in [-0.3, -0.25) is 28.1 Å². The summed E-state index contributed by atoms with van der Waals surface area (Å²) < 4.78 is 147. The van der Waals surface area contributed by atoms with Crippen LogP contribution >= 0.6 is 0 Å². The van der Waals surface area contributed by atoms with Crippen LogP contribution in [0.1, 0.15) is 20.8 Å². The minimum atomic E-state index is -5.54. The number of carbonyl (C=O) groups is 2. The van der Waals surface area contributed by atoms with E-state index < -0.39 is 122 Å². The van der Waals surface area contributed by atoms with Gasteiger partial charge in [0.2, 0.25) is 0 Å². The first-order valence-electron chi connectivity index (χ1n) is 17.5. The van der Waals surface area contributed by atoms with Gasteiger partial charge in [0, 0.05) is 22.9 Å². The molecular weight excluding hydrogens is 981 g/mol. The smallest absolute Gasteiger partial charge is 0.356 e. The lowest BCUT2D eigenvalue weighted by Gasteiger charge is -2.13. The highest BCUT2D eigenvalue weighted by Gasteiger charge is 2.29. The molecule has 6 aromatic rings. The third-order valence-electron chi connectivity index (χ3n) is 8.93. The quantitative estimate of drug-likeness (QED) is 0.0453. The number of nitrogens with one attached hydrogen (secondary N) is 1. The number of phenols is 1. The Balaban J connectivity index is 1.45. The maximum absolute atomic E-state index is 13.3. The van der Waals surface area contributed by atoms with Crippen molar-refractivity contribution in [2.45, 2.75) is 19.6 Å². The second kappa shape index (κ2) is 17.9. The highest BCUT2D eigenvalue weighted by atomic mass is 32.2. The molecule has 0 aliphatic rings. The van der Waals surface area contributed by atoms with Crippen molar-refractivity contribution in [3.8, 4) is 22.9 Å². The number of H-pyrrole nitrogens is 1. The molecule has 28 nitrogen and oxygen atoms in total. The Kier molecular flexibility index (Phi) is 12.9. The van der Waals surface area contributed by atoms with Gasteiger partial charge in [0.15, 0.2) is 17.1 Å². The van der Waals surface area contributed by atoms with Crippen molar-refractivity contribution >= 4 is 97.3 Å². The molecule has 6 rings (SSSR count). The first-order valence-corrected chi connectivity index (χ1v) is 23.2. The van der Waals surface area contributed by atoms with E-state index in [1.54, 1.807) is 0 Å². The van der Waals surface area contributed by atoms with Crippen LogP contribution in [-0.4, -0.2) is 103 Å². The molecule has 0 bridgehead atoms. The minimum absolute atomic E-state index is 0.166. The van der Waals surface area contributed by atoms with Gasteiger partial charge in [-0.05, 0) is 60.7 Å². The largest absolute Gasteiger partial charge is 0.505 e. The highest BCUT2D eigenvalue weighted by Crippen LogP contribution is 2.47. The number of hydrogen-bond donors (Lipinski definition) is 8. The van der Waals surface area contributed by atoms with Crippen molar-refractivity contribution in [2.24, 2.45) is 30.7 Å². The van der Waals surface area contributed by atoms with Gasteiger partial charge in [-0.2, -0.15) is 33.7 Å². The second-order valence-electron chi connectivity index (χ2n) is 13.0. The summed E-state index contributed by atoms with van der Waals surface area (Å²) in [6.45, 7) is 0. The lowest BCUT2D eigenvalue weighted by atomic mass is 10.1. The Morgan fingerprint density at radius 3 is 1.58 bits per heavy atom. The van der Waals surface area contributed by atoms with Gasteiger partial charge in [-0.1, -0.05) is 0 Å². The first-order chi connectivity index (χ1) is 31.1. The summed E-state index contributed by atoms with van der Waals surface area (Å²) in [5.41, 5.74) is -6.73. The monoisotopic (exact) mass is 1010 g/mol. The third-order valence-corrected chi connectivity index (χ3v) is 12.5. The molecule has 0 amide bonds. The van der Waals surface area contributed by atoms with Gasteiger partial charge in [0.05, 0.1) is 35.3 Å². The molecule has 0 aliphatic carbocycles. The van der Waals surface area contributed by atoms with Crippen molar-refractivity contribution < 1.29 is 86.3 Å². The van der Waals surface area contributed by atoms with Crippen molar-refractivity contribution in [3.63, 3.8) is 0 Å². The Hall–Kier alpha value is -7.85. The highest BCUT2D eigenvalue weighted by molar-refractivity contribution is 7.86. The second-order valence-corrected chi connectivity index (χ2v) is 18.6. The number of aromatic carboxylic acids is 2. The van der Waals surface area contributed by atoms with Gasteiger partial charge >= 0.3 is 11.9 Å². The van der Waals surface area contributed by atoms with Crippen molar-refractivity contribution in [3.05, 3.63) is 94.4 Å². The van der Waals surface area contributed by atoms with Crippen LogP contribution in [0.3, 0.4) is 0 Å². The number of methoxy groups -OCH3 is 2. The van der Waals surface area contributed by atoms with Crippen LogP contribution in [0.4, 0.5) is 34.1 Å². The summed E-state index contributed by atoms with van der Waals surface area (Å²) in [7, 11) is -18.2. The summed E-state index contributed by atoms with van der Waals surface area (Å²) in [4.78, 5) is 33.2. The molecule has 0 saturated carbocycles. The number of carboxylic acids is 2. The summed E-state index contributed by atoms with van der Waals surface area (Å²) in [6, 6.07) is 10.5. The molecule has 0 saturated heterocycles. The zero-order chi connectivity index (χ0) is 49.6. The third kappa shape index (κ3) is 10.0. The standard InChI is InChI=1S/C35H26N8O20S4/c1-62-25-14-24(26(63-2)13-23(25)38-36-21-9-7-17(65(53,54)55)11-20(21)34(46)47)39-40-28-27(66(56,57)58)12-19-18(31(28)44)8-10-22(32(19)67(59,60)61)37-41-29-30(35(48)49)42-43(33(29)45)15-3-5-16(6-4-15)64(50,51)52/h3-14,42,44H,1-2H3,(H,46,47)(H,48,49)(H,50,51,52)(H,53,54,55)(H,56,57,58)(H,59,60,61). The molecule has 8 N–H and O–H groups in total. The fourth-order valence-corrected chi connectivity index (χ4v) is 8.37. The van der Waals surface area contributed by atoms with Crippen LogP contribution in [0.15, 0.2) is 128 Å². The van der Waals surface area contributed by atoms with E-state index in [0.717, 1.165) is 74.9 Å². The normalized spacial score (nSPS) is 12.7. The Morgan fingerprint density at radius 2 is 1.07 bits per heavy atom. The lowest BCUT2D eigenvalue weighted by Crippen LogP contribution is -2.14. The van der Waals surface area contributed by atoms with E-state index in [2.05, 4.69) is 35.8 Å². The van der Waals surface area contributed by atoms with Crippen molar-refractivity contribution in [1.82, 2.24) is 9.78 Å². The topological polar surface area (TPSA) is 443 Å². The number of aromatic amines is 1. The molecule has 0 aliphatic heterocycles. The molecule has 32 heteroatoms. The van der Waals surface area contributed by atoms with E-state index in [9.17, 15) is 81.6 Å². The number of fused-ring (bicyclic) bond motifs is 1. The van der Waals surface area contributed by atoms with E-state index in [1.165, 1.54) is 0 Å². The number of aromatic nitrogens is 2. The number of ether oxygens (including phenoxy) is 2. The number of rotatable bonds is 15. The zero-order valence-electron chi connectivity index (χ0n) is 33.1. The van der Waals surface area contributed by atoms with Crippen LogP contribution in [0.25, 0.3) is 16.5 Å². The van der Waals surface area contributed by atoms with Crippen molar-refractivity contribution in [1.29, 1.82) is 0 Å². The van der Waals surface area contributed by atoms with Gasteiger partial charge < -0.3 is 24.8 Å². The van der Waals surface area contributed by atoms with E-state index in [0.29, 0.717) is 16.8 Å². The number of phenolic OH excluding ortho intramolecular Hbond substituents is 1. The van der Waals surface area contributed by atoms with Crippen LogP contribution in [0.2, 0.25) is 0 Å². The van der Waals surface area contributed by atoms with E-state index >= 15 is 0 Å². The number of carboxylic acid groups (broad SMARTS) is 2. The van der Waals surface area contributed by atoms with Gasteiger partial charge in [0.25, 0.3) is 46.0 Å². The average Bonchev–Trinajstić information content (AvgIpc) is 3.58. The molecule has 0 radical (unpaired) electrons. The summed E-state index contributed by atoms with van der Waals surface area (Å²) in [5.74, 6) is -4.99. The molecule has 0 spiro atoms. The molecular formula is C35H26N8O20S4. The number of hydrogen-bond acceptors (Lipinski definition) is 20. The van der Waals surface area contributed by atoms with E-state index in [1.807, 2.05) is 0 Å². The number of azo groups is 3. The minimum Gasteiger partial charge on any atom is -0.505 e. The maximum Gasteiger partial charge on any atom is 0.356 e. The Morgan fingerprint density at radius 1 is 0.567 bits per heavy atom. The first kappa shape index (κ1) is 48.6. The van der Waals surface area contributed by atoms with E-state index in [-0.39, 0.29) is 34.2 Å². The Labute approximate surface area is 373 Å². The molecule has 67 heavy (non-hydrogen) atoms. The number of aromatic hydroxyl groups is 1.